The fourth-order valence-electron chi connectivity index (χ4n) is 3.05. The second-order valence-corrected chi connectivity index (χ2v) is 8.28. The fourth-order valence-corrected chi connectivity index (χ4v) is 3.88. The van der Waals surface area contributed by atoms with Crippen molar-refractivity contribution < 1.29 is 14.3 Å². The Kier molecular flexibility index (Phi) is 5.92. The van der Waals surface area contributed by atoms with Gasteiger partial charge in [0.25, 0.3) is 0 Å². The van der Waals surface area contributed by atoms with Crippen molar-refractivity contribution in [2.24, 2.45) is 4.99 Å². The summed E-state index contributed by atoms with van der Waals surface area (Å²) in [5, 5.41) is 10.6. The zero-order valence-electron chi connectivity index (χ0n) is 16.3. The number of phenols is 1. The number of nitrogens with zero attached hydrogens (tertiary/aromatic N) is 2. The predicted octanol–water partition coefficient (Wildman–Crippen LogP) is 7.18. The maximum atomic E-state index is 10.6. The van der Waals surface area contributed by atoms with E-state index in [4.69, 9.17) is 9.15 Å². The van der Waals surface area contributed by atoms with Crippen LogP contribution in [0.4, 0.5) is 5.69 Å². The van der Waals surface area contributed by atoms with Gasteiger partial charge in [0.1, 0.15) is 5.52 Å². The number of halogens is 2. The molecule has 0 radical (unpaired) electrons. The minimum Gasteiger partial charge on any atom is -0.504 e. The number of aliphatic imine (C=N–C) groups is 1. The highest BCUT2D eigenvalue weighted by molar-refractivity contribution is 9.13. The summed E-state index contributed by atoms with van der Waals surface area (Å²) >= 11 is 6.98. The largest absolute Gasteiger partial charge is 0.504 e. The van der Waals surface area contributed by atoms with E-state index in [1.165, 1.54) is 0 Å². The van der Waals surface area contributed by atoms with Gasteiger partial charge in [-0.15, -0.1) is 0 Å². The minimum absolute atomic E-state index is 0.0190. The first-order chi connectivity index (χ1) is 14.5. The molecule has 0 saturated carbocycles. The van der Waals surface area contributed by atoms with Crippen molar-refractivity contribution in [1.29, 1.82) is 0 Å². The van der Waals surface area contributed by atoms with Gasteiger partial charge in [0.05, 0.1) is 23.4 Å². The number of aromatic nitrogens is 1. The number of rotatable bonds is 5. The summed E-state index contributed by atoms with van der Waals surface area (Å²) in [6.07, 6.45) is 1.60. The molecule has 1 heterocycles. The van der Waals surface area contributed by atoms with Crippen LogP contribution in [-0.2, 0) is 0 Å². The summed E-state index contributed by atoms with van der Waals surface area (Å²) in [7, 11) is 0. The number of benzene rings is 3. The van der Waals surface area contributed by atoms with Crippen LogP contribution < -0.4 is 4.74 Å². The summed E-state index contributed by atoms with van der Waals surface area (Å²) in [4.78, 5) is 9.23. The Labute approximate surface area is 190 Å². The van der Waals surface area contributed by atoms with Gasteiger partial charge in [-0.3, -0.25) is 4.99 Å². The Hall–Kier alpha value is -2.64. The number of para-hydroxylation sites is 1. The molecule has 152 valence electrons. The number of aromatic hydroxyl groups is 1. The molecule has 1 N–H and O–H groups in total. The number of fused-ring (bicyclic) bond motifs is 1. The lowest BCUT2D eigenvalue weighted by Gasteiger charge is -2.11. The third-order valence-electron chi connectivity index (χ3n) is 4.50. The van der Waals surface area contributed by atoms with Gasteiger partial charge < -0.3 is 14.3 Å². The monoisotopic (exact) mass is 528 g/mol. The van der Waals surface area contributed by atoms with Gasteiger partial charge in [-0.25, -0.2) is 4.98 Å². The average molecular weight is 530 g/mol. The van der Waals surface area contributed by atoms with Crippen molar-refractivity contribution in [1.82, 2.24) is 4.98 Å². The number of aryl methyl sites for hydroxylation is 1. The zero-order valence-corrected chi connectivity index (χ0v) is 19.5. The fraction of sp³-hybridized carbons (Fsp3) is 0.130. The van der Waals surface area contributed by atoms with Crippen molar-refractivity contribution in [2.45, 2.75) is 13.8 Å². The smallest absolute Gasteiger partial charge is 0.229 e. The van der Waals surface area contributed by atoms with Crippen LogP contribution in [0.5, 0.6) is 11.5 Å². The molecule has 4 rings (SSSR count). The molecule has 1 aromatic heterocycles. The Morgan fingerprint density at radius 2 is 1.97 bits per heavy atom. The Balaban J connectivity index is 1.77. The number of hydrogen-bond donors (Lipinski definition) is 1. The van der Waals surface area contributed by atoms with Gasteiger partial charge in [0.2, 0.25) is 5.89 Å². The molecule has 0 spiro atoms. The van der Waals surface area contributed by atoms with Gasteiger partial charge in [0, 0.05) is 15.2 Å². The SMILES string of the molecule is CCOc1cc(Br)c(Br)c(C=Nc2ccccc2-c2nc3cc(C)ccc3o2)c1O. The summed E-state index contributed by atoms with van der Waals surface area (Å²) in [5.41, 5.74) is 4.59. The van der Waals surface area contributed by atoms with E-state index in [0.717, 1.165) is 26.7 Å². The normalized spacial score (nSPS) is 11.5. The number of oxazole rings is 1. The molecule has 0 aliphatic heterocycles. The van der Waals surface area contributed by atoms with Crippen molar-refractivity contribution >= 4 is 54.9 Å². The van der Waals surface area contributed by atoms with E-state index < -0.39 is 0 Å². The summed E-state index contributed by atoms with van der Waals surface area (Å²) < 4.78 is 12.9. The quantitative estimate of drug-likeness (QED) is 0.278. The molecular weight excluding hydrogens is 512 g/mol. The van der Waals surface area contributed by atoms with Crippen molar-refractivity contribution in [3.05, 3.63) is 68.6 Å². The van der Waals surface area contributed by atoms with Crippen molar-refractivity contribution in [3.8, 4) is 23.0 Å². The third kappa shape index (κ3) is 4.00. The van der Waals surface area contributed by atoms with Crippen LogP contribution >= 0.6 is 31.9 Å². The summed E-state index contributed by atoms with van der Waals surface area (Å²) in [5.74, 6) is 0.901. The number of ether oxygens (including phenoxy) is 1. The first-order valence-electron chi connectivity index (χ1n) is 9.32. The van der Waals surface area contributed by atoms with Crippen LogP contribution in [0.1, 0.15) is 18.1 Å². The van der Waals surface area contributed by atoms with E-state index >= 15 is 0 Å². The molecule has 0 saturated heterocycles. The van der Waals surface area contributed by atoms with Crippen LogP contribution in [-0.4, -0.2) is 22.9 Å². The van der Waals surface area contributed by atoms with Gasteiger partial charge in [-0.1, -0.05) is 18.2 Å². The van der Waals surface area contributed by atoms with Gasteiger partial charge in [-0.2, -0.15) is 0 Å². The van der Waals surface area contributed by atoms with Crippen molar-refractivity contribution in [2.75, 3.05) is 6.61 Å². The molecule has 4 aromatic rings. The lowest BCUT2D eigenvalue weighted by Crippen LogP contribution is -1.96. The van der Waals surface area contributed by atoms with Gasteiger partial charge >= 0.3 is 0 Å². The molecule has 7 heteroatoms. The average Bonchev–Trinajstić information content (AvgIpc) is 3.15. The highest BCUT2D eigenvalue weighted by Crippen LogP contribution is 2.40. The molecule has 0 fully saturated rings. The zero-order chi connectivity index (χ0) is 21.3. The summed E-state index contributed by atoms with van der Waals surface area (Å²) in [6.45, 7) is 4.32. The Morgan fingerprint density at radius 3 is 2.77 bits per heavy atom. The van der Waals surface area contributed by atoms with Crippen LogP contribution in [0.2, 0.25) is 0 Å². The van der Waals surface area contributed by atoms with Crippen LogP contribution in [0.3, 0.4) is 0 Å². The topological polar surface area (TPSA) is 67.9 Å². The lowest BCUT2D eigenvalue weighted by atomic mass is 10.1. The molecule has 0 amide bonds. The maximum absolute atomic E-state index is 10.6. The molecular formula is C23H18Br2N2O3. The molecule has 30 heavy (non-hydrogen) atoms. The first-order valence-corrected chi connectivity index (χ1v) is 10.9. The number of phenolic OH excluding ortho intramolecular Hbond substituents is 1. The first kappa shape index (κ1) is 20.6. The van der Waals surface area contributed by atoms with Crippen LogP contribution in [0, 0.1) is 6.92 Å². The minimum atomic E-state index is 0.0190. The lowest BCUT2D eigenvalue weighted by molar-refractivity contribution is 0.317. The van der Waals surface area contributed by atoms with E-state index in [1.54, 1.807) is 12.3 Å². The molecule has 0 unspecified atom stereocenters. The van der Waals surface area contributed by atoms with E-state index in [0.29, 0.717) is 34.0 Å². The molecule has 0 bridgehead atoms. The second kappa shape index (κ2) is 8.62. The standard InChI is InChI=1S/C23H18Br2N2O3/c1-3-29-20-11-16(24)21(25)15(22(20)28)12-26-17-7-5-4-6-14(17)23-27-18-10-13(2)8-9-19(18)30-23/h4-12,28H,3H2,1-2H3. The highest BCUT2D eigenvalue weighted by atomic mass is 79.9. The highest BCUT2D eigenvalue weighted by Gasteiger charge is 2.16. The third-order valence-corrected chi connectivity index (χ3v) is 6.51. The van der Waals surface area contributed by atoms with E-state index in [-0.39, 0.29) is 5.75 Å². The van der Waals surface area contributed by atoms with Gasteiger partial charge in [0.15, 0.2) is 17.1 Å². The molecule has 3 aromatic carbocycles. The van der Waals surface area contributed by atoms with E-state index in [9.17, 15) is 5.11 Å². The number of hydrogen-bond acceptors (Lipinski definition) is 5. The Bertz CT molecular complexity index is 1270. The van der Waals surface area contributed by atoms with Crippen LogP contribution in [0.25, 0.3) is 22.6 Å². The second-order valence-electron chi connectivity index (χ2n) is 6.63. The molecule has 0 aliphatic carbocycles. The molecule has 0 aliphatic rings. The van der Waals surface area contributed by atoms with Crippen LogP contribution in [0.15, 0.2) is 66.9 Å². The maximum Gasteiger partial charge on any atom is 0.229 e. The molecule has 5 nitrogen and oxygen atoms in total. The predicted molar refractivity (Wildman–Crippen MR) is 126 cm³/mol. The van der Waals surface area contributed by atoms with E-state index in [1.807, 2.05) is 56.3 Å². The van der Waals surface area contributed by atoms with Gasteiger partial charge in [-0.05, 0) is 81.6 Å². The summed E-state index contributed by atoms with van der Waals surface area (Å²) in [6, 6.07) is 15.2. The molecule has 0 atom stereocenters. The van der Waals surface area contributed by atoms with Crippen molar-refractivity contribution in [3.63, 3.8) is 0 Å². The van der Waals surface area contributed by atoms with E-state index in [2.05, 4.69) is 41.8 Å². The Morgan fingerprint density at radius 1 is 1.17 bits per heavy atom.